The van der Waals surface area contributed by atoms with Crippen molar-refractivity contribution < 1.29 is 22.7 Å². The number of carbonyl (C=O) groups excluding carboxylic acids is 1. The fourth-order valence-corrected chi connectivity index (χ4v) is 2.53. The lowest BCUT2D eigenvalue weighted by atomic mass is 10.1. The molecule has 0 unspecified atom stereocenters. The van der Waals surface area contributed by atoms with Crippen LogP contribution in [0.4, 0.5) is 18.9 Å². The summed E-state index contributed by atoms with van der Waals surface area (Å²) in [5, 5.41) is 0. The maximum Gasteiger partial charge on any atom is 0.416 e. The van der Waals surface area contributed by atoms with E-state index in [0.717, 1.165) is 23.3 Å². The normalized spacial score (nSPS) is 11.9. The largest absolute Gasteiger partial charge is 0.423 e. The van der Waals surface area contributed by atoms with Gasteiger partial charge in [-0.15, -0.1) is 0 Å². The molecule has 3 aromatic carbocycles. The quantitative estimate of drug-likeness (QED) is 0.212. The third kappa shape index (κ3) is 6.17. The number of halogens is 3. The summed E-state index contributed by atoms with van der Waals surface area (Å²) >= 11 is 0. The van der Waals surface area contributed by atoms with Crippen LogP contribution in [0.2, 0.25) is 0 Å². The molecule has 0 fully saturated rings. The summed E-state index contributed by atoms with van der Waals surface area (Å²) in [5.41, 5.74) is 2.12. The first-order valence-electron chi connectivity index (χ1n) is 9.07. The Labute approximate surface area is 172 Å². The van der Waals surface area contributed by atoms with E-state index in [9.17, 15) is 18.0 Å². The van der Waals surface area contributed by atoms with Crippen LogP contribution in [0.15, 0.2) is 83.9 Å². The summed E-state index contributed by atoms with van der Waals surface area (Å²) < 4.78 is 43.5. The first-order chi connectivity index (χ1) is 14.3. The molecule has 0 saturated carbocycles. The zero-order valence-corrected chi connectivity index (χ0v) is 16.1. The molecule has 152 valence electrons. The number of aryl methyl sites for hydroxylation is 1. The van der Waals surface area contributed by atoms with Crippen molar-refractivity contribution in [3.63, 3.8) is 0 Å². The number of ether oxygens (including phenoxy) is 1. The molecule has 0 aromatic heterocycles. The predicted octanol–water partition coefficient (Wildman–Crippen LogP) is 6.38. The number of benzene rings is 3. The number of hydrogen-bond donors (Lipinski definition) is 0. The average molecular weight is 409 g/mol. The Hall–Kier alpha value is -3.67. The first-order valence-corrected chi connectivity index (χ1v) is 9.07. The Morgan fingerprint density at radius 2 is 1.60 bits per heavy atom. The van der Waals surface area contributed by atoms with Gasteiger partial charge in [0.15, 0.2) is 0 Å². The molecule has 3 nitrogen and oxygen atoms in total. The molecule has 0 bridgehead atoms. The van der Waals surface area contributed by atoms with Gasteiger partial charge in [-0.1, -0.05) is 35.9 Å². The molecule has 0 aliphatic heterocycles. The number of rotatable bonds is 5. The van der Waals surface area contributed by atoms with E-state index in [-0.39, 0.29) is 5.69 Å². The lowest BCUT2D eigenvalue weighted by Gasteiger charge is -2.06. The second-order valence-corrected chi connectivity index (χ2v) is 6.54. The Bertz CT molecular complexity index is 1070. The molecule has 0 radical (unpaired) electrons. The van der Waals surface area contributed by atoms with Crippen molar-refractivity contribution in [3.05, 3.63) is 101 Å². The van der Waals surface area contributed by atoms with E-state index >= 15 is 0 Å². The monoisotopic (exact) mass is 409 g/mol. The molecular formula is C24H18F3NO2. The summed E-state index contributed by atoms with van der Waals surface area (Å²) in [6, 6.07) is 19.0. The van der Waals surface area contributed by atoms with Crippen molar-refractivity contribution in [1.82, 2.24) is 0 Å². The summed E-state index contributed by atoms with van der Waals surface area (Å²) in [5.74, 6) is -0.161. The van der Waals surface area contributed by atoms with E-state index in [4.69, 9.17) is 4.74 Å². The lowest BCUT2D eigenvalue weighted by Crippen LogP contribution is -2.03. The molecule has 0 heterocycles. The van der Waals surface area contributed by atoms with Crippen molar-refractivity contribution in [3.8, 4) is 5.75 Å². The van der Waals surface area contributed by atoms with Gasteiger partial charge in [-0.2, -0.15) is 13.2 Å². The fraction of sp³-hybridized carbons (Fsp3) is 0.0833. The van der Waals surface area contributed by atoms with Gasteiger partial charge in [-0.05, 0) is 66.6 Å². The van der Waals surface area contributed by atoms with Crippen molar-refractivity contribution in [1.29, 1.82) is 0 Å². The number of hydrogen-bond acceptors (Lipinski definition) is 3. The Balaban J connectivity index is 1.60. The van der Waals surface area contributed by atoms with E-state index in [1.54, 1.807) is 30.3 Å². The zero-order chi connectivity index (χ0) is 21.6. The second-order valence-electron chi connectivity index (χ2n) is 6.54. The highest BCUT2D eigenvalue weighted by Crippen LogP contribution is 2.31. The molecule has 0 N–H and O–H groups in total. The molecule has 0 atom stereocenters. The molecule has 6 heteroatoms. The van der Waals surface area contributed by atoms with Gasteiger partial charge in [0, 0.05) is 12.3 Å². The summed E-state index contributed by atoms with van der Waals surface area (Å²) in [4.78, 5) is 16.0. The van der Waals surface area contributed by atoms with Crippen LogP contribution in [0.3, 0.4) is 0 Å². The Morgan fingerprint density at radius 1 is 0.933 bits per heavy atom. The third-order valence-electron chi connectivity index (χ3n) is 4.12. The van der Waals surface area contributed by atoms with Gasteiger partial charge in [0.25, 0.3) is 0 Å². The maximum absolute atomic E-state index is 12.7. The van der Waals surface area contributed by atoms with Gasteiger partial charge in [-0.25, -0.2) is 4.79 Å². The van der Waals surface area contributed by atoms with Gasteiger partial charge in [0.1, 0.15) is 5.75 Å². The van der Waals surface area contributed by atoms with Crippen LogP contribution in [0, 0.1) is 6.92 Å². The van der Waals surface area contributed by atoms with E-state index in [1.165, 1.54) is 24.4 Å². The van der Waals surface area contributed by atoms with Gasteiger partial charge >= 0.3 is 12.1 Å². The summed E-state index contributed by atoms with van der Waals surface area (Å²) in [7, 11) is 0. The molecule has 30 heavy (non-hydrogen) atoms. The van der Waals surface area contributed by atoms with Gasteiger partial charge in [0.2, 0.25) is 0 Å². The van der Waals surface area contributed by atoms with Crippen molar-refractivity contribution >= 4 is 23.9 Å². The van der Waals surface area contributed by atoms with Crippen LogP contribution in [0.25, 0.3) is 6.08 Å². The predicted molar refractivity (Wildman–Crippen MR) is 111 cm³/mol. The molecule has 0 amide bonds. The van der Waals surface area contributed by atoms with Crippen LogP contribution < -0.4 is 4.74 Å². The maximum atomic E-state index is 12.7. The van der Waals surface area contributed by atoms with Crippen LogP contribution in [-0.2, 0) is 11.0 Å². The van der Waals surface area contributed by atoms with Crippen LogP contribution in [0.1, 0.15) is 22.3 Å². The third-order valence-corrected chi connectivity index (χ3v) is 4.12. The highest BCUT2D eigenvalue weighted by atomic mass is 19.4. The van der Waals surface area contributed by atoms with Crippen molar-refractivity contribution in [2.24, 2.45) is 4.99 Å². The number of nitrogens with zero attached hydrogens (tertiary/aromatic N) is 1. The lowest BCUT2D eigenvalue weighted by molar-refractivity contribution is -0.137. The minimum Gasteiger partial charge on any atom is -0.423 e. The van der Waals surface area contributed by atoms with Crippen molar-refractivity contribution in [2.45, 2.75) is 13.1 Å². The highest BCUT2D eigenvalue weighted by molar-refractivity contribution is 5.89. The highest BCUT2D eigenvalue weighted by Gasteiger charge is 2.30. The van der Waals surface area contributed by atoms with Crippen LogP contribution in [-0.4, -0.2) is 12.2 Å². The van der Waals surface area contributed by atoms with Gasteiger partial charge in [0.05, 0.1) is 11.3 Å². The van der Waals surface area contributed by atoms with E-state index in [2.05, 4.69) is 4.99 Å². The number of aliphatic imine (C=N–C) groups is 1. The molecule has 3 rings (SSSR count). The zero-order valence-electron chi connectivity index (χ0n) is 16.1. The van der Waals surface area contributed by atoms with E-state index in [1.807, 2.05) is 31.2 Å². The molecule has 3 aromatic rings. The minimum atomic E-state index is -4.41. The van der Waals surface area contributed by atoms with E-state index < -0.39 is 17.7 Å². The molecule has 0 aliphatic carbocycles. The smallest absolute Gasteiger partial charge is 0.416 e. The molecular weight excluding hydrogens is 391 g/mol. The summed E-state index contributed by atoms with van der Waals surface area (Å²) in [6.07, 6.45) is 0.0366. The van der Waals surface area contributed by atoms with Crippen molar-refractivity contribution in [2.75, 3.05) is 0 Å². The summed E-state index contributed by atoms with van der Waals surface area (Å²) in [6.45, 7) is 1.98. The fourth-order valence-electron chi connectivity index (χ4n) is 2.53. The van der Waals surface area contributed by atoms with Gasteiger partial charge < -0.3 is 4.74 Å². The second kappa shape index (κ2) is 9.22. The van der Waals surface area contributed by atoms with Crippen LogP contribution >= 0.6 is 0 Å². The number of carbonyl (C=O) groups is 1. The topological polar surface area (TPSA) is 38.7 Å². The standard InChI is InChI=1S/C24H18F3NO2/c1-17-5-7-18(8-6-17)11-14-23(29)30-22-12-9-19(10-13-22)16-28-21-4-2-3-20(15-21)24(25,26)27/h2-16H,1H3. The number of alkyl halides is 3. The SMILES string of the molecule is Cc1ccc(C=CC(=O)Oc2ccc(C=Nc3cccc(C(F)(F)F)c3)cc2)cc1. The minimum absolute atomic E-state index is 0.196. The average Bonchev–Trinajstić information content (AvgIpc) is 2.72. The van der Waals surface area contributed by atoms with Crippen LogP contribution in [0.5, 0.6) is 5.75 Å². The number of esters is 1. The van der Waals surface area contributed by atoms with E-state index in [0.29, 0.717) is 11.3 Å². The molecule has 0 spiro atoms. The molecule has 0 aliphatic rings. The molecule has 0 saturated heterocycles. The first kappa shape index (κ1) is 21.0. The van der Waals surface area contributed by atoms with Gasteiger partial charge in [-0.3, -0.25) is 4.99 Å². The Kier molecular flexibility index (Phi) is 6.47. The Morgan fingerprint density at radius 3 is 2.27 bits per heavy atom.